The molecule has 19 heavy (non-hydrogen) atoms. The van der Waals surface area contributed by atoms with Crippen molar-refractivity contribution >= 4 is 27.5 Å². The normalized spacial score (nSPS) is 12.3. The highest BCUT2D eigenvalue weighted by Gasteiger charge is 2.20. The first kappa shape index (κ1) is 14.3. The lowest BCUT2D eigenvalue weighted by molar-refractivity contribution is 0.408. The van der Waals surface area contributed by atoms with Crippen LogP contribution in [0.15, 0.2) is 40.9 Å². The van der Waals surface area contributed by atoms with E-state index in [4.69, 9.17) is 16.3 Å². The summed E-state index contributed by atoms with van der Waals surface area (Å²) >= 11 is 9.42. The predicted molar refractivity (Wildman–Crippen MR) is 74.7 cm³/mol. The summed E-state index contributed by atoms with van der Waals surface area (Å²) in [4.78, 5) is 0. The van der Waals surface area contributed by atoms with Crippen molar-refractivity contribution in [3.05, 3.63) is 63.6 Å². The van der Waals surface area contributed by atoms with Gasteiger partial charge in [-0.05, 0) is 30.3 Å². The van der Waals surface area contributed by atoms with E-state index in [1.54, 1.807) is 12.1 Å². The van der Waals surface area contributed by atoms with Crippen molar-refractivity contribution in [2.24, 2.45) is 0 Å². The molecule has 0 aliphatic rings. The topological polar surface area (TPSA) is 9.23 Å². The van der Waals surface area contributed by atoms with Gasteiger partial charge in [0.2, 0.25) is 0 Å². The van der Waals surface area contributed by atoms with Crippen LogP contribution in [0.2, 0.25) is 0 Å². The Morgan fingerprint density at radius 1 is 1.11 bits per heavy atom. The average molecular weight is 348 g/mol. The Morgan fingerprint density at radius 2 is 1.84 bits per heavy atom. The fraction of sp³-hybridized carbons (Fsp3) is 0.143. The van der Waals surface area contributed by atoms with E-state index in [1.807, 2.05) is 0 Å². The van der Waals surface area contributed by atoms with E-state index in [9.17, 15) is 8.78 Å². The van der Waals surface area contributed by atoms with E-state index in [1.165, 1.54) is 31.4 Å². The molecule has 2 aromatic rings. The summed E-state index contributed by atoms with van der Waals surface area (Å²) in [5.41, 5.74) is 0.666. The van der Waals surface area contributed by atoms with Crippen molar-refractivity contribution in [1.29, 1.82) is 0 Å². The molecule has 0 bridgehead atoms. The zero-order valence-corrected chi connectivity index (χ0v) is 12.3. The van der Waals surface area contributed by atoms with Crippen molar-refractivity contribution in [3.8, 4) is 5.75 Å². The first-order chi connectivity index (χ1) is 9.02. The maximum absolute atomic E-state index is 13.9. The Bertz CT molecular complexity index is 604. The monoisotopic (exact) mass is 346 g/mol. The maximum Gasteiger partial charge on any atom is 0.129 e. The Balaban J connectivity index is 2.49. The van der Waals surface area contributed by atoms with Gasteiger partial charge < -0.3 is 4.74 Å². The standard InChI is InChI=1S/C14H10BrClF2O/c1-19-13-5-3-9(17)7-11(13)14(16)10-4-2-8(15)6-12(10)18/h2-7,14H,1H3. The third kappa shape index (κ3) is 3.07. The molecule has 0 N–H and O–H groups in total. The molecule has 0 heterocycles. The van der Waals surface area contributed by atoms with Gasteiger partial charge in [0, 0.05) is 15.6 Å². The fourth-order valence-electron chi connectivity index (χ4n) is 1.78. The Kier molecular flexibility index (Phi) is 4.42. The van der Waals surface area contributed by atoms with Crippen molar-refractivity contribution in [1.82, 2.24) is 0 Å². The number of halogens is 4. The van der Waals surface area contributed by atoms with Gasteiger partial charge in [-0.3, -0.25) is 0 Å². The molecule has 5 heteroatoms. The predicted octanol–water partition coefficient (Wildman–Crippen LogP) is 5.06. The Hall–Kier alpha value is -1.13. The third-order valence-corrected chi connectivity index (χ3v) is 3.66. The smallest absolute Gasteiger partial charge is 0.129 e. The van der Waals surface area contributed by atoms with E-state index < -0.39 is 17.0 Å². The van der Waals surface area contributed by atoms with E-state index in [0.717, 1.165) is 0 Å². The average Bonchev–Trinajstić information content (AvgIpc) is 2.38. The quantitative estimate of drug-likeness (QED) is 0.705. The number of alkyl halides is 1. The Morgan fingerprint density at radius 3 is 2.47 bits per heavy atom. The lowest BCUT2D eigenvalue weighted by Gasteiger charge is -2.15. The van der Waals surface area contributed by atoms with Crippen LogP contribution in [0, 0.1) is 11.6 Å². The van der Waals surface area contributed by atoms with Crippen LogP contribution in [0.1, 0.15) is 16.5 Å². The summed E-state index contributed by atoms with van der Waals surface area (Å²) in [6.45, 7) is 0. The molecular weight excluding hydrogens is 338 g/mol. The summed E-state index contributed by atoms with van der Waals surface area (Å²) in [6, 6.07) is 8.54. The van der Waals surface area contributed by atoms with Crippen LogP contribution in [0.3, 0.4) is 0 Å². The van der Waals surface area contributed by atoms with Gasteiger partial charge in [-0.2, -0.15) is 0 Å². The van der Waals surface area contributed by atoms with Crippen molar-refractivity contribution < 1.29 is 13.5 Å². The molecule has 0 aliphatic heterocycles. The lowest BCUT2D eigenvalue weighted by atomic mass is 10.0. The molecular formula is C14H10BrClF2O. The minimum Gasteiger partial charge on any atom is -0.496 e. The molecule has 0 radical (unpaired) electrons. The number of rotatable bonds is 3. The number of benzene rings is 2. The van der Waals surface area contributed by atoms with Gasteiger partial charge in [0.05, 0.1) is 12.5 Å². The van der Waals surface area contributed by atoms with Crippen LogP contribution >= 0.6 is 27.5 Å². The van der Waals surface area contributed by atoms with Crippen LogP contribution in [0.25, 0.3) is 0 Å². The summed E-state index contributed by atoms with van der Waals surface area (Å²) in [5, 5.41) is -0.821. The molecule has 0 saturated carbocycles. The van der Waals surface area contributed by atoms with Crippen molar-refractivity contribution in [3.63, 3.8) is 0 Å². The van der Waals surface area contributed by atoms with Crippen molar-refractivity contribution in [2.45, 2.75) is 5.38 Å². The van der Waals surface area contributed by atoms with Gasteiger partial charge in [-0.25, -0.2) is 8.78 Å². The summed E-state index contributed by atoms with van der Waals surface area (Å²) in [5.74, 6) is -0.483. The van der Waals surface area contributed by atoms with Gasteiger partial charge in [0.1, 0.15) is 17.4 Å². The largest absolute Gasteiger partial charge is 0.496 e. The highest BCUT2D eigenvalue weighted by molar-refractivity contribution is 9.10. The summed E-state index contributed by atoms with van der Waals surface area (Å²) in [7, 11) is 1.46. The van der Waals surface area contributed by atoms with Crippen LogP contribution < -0.4 is 4.74 Å². The highest BCUT2D eigenvalue weighted by atomic mass is 79.9. The SMILES string of the molecule is COc1ccc(F)cc1C(Cl)c1ccc(Br)cc1F. The first-order valence-electron chi connectivity index (χ1n) is 5.45. The second-order valence-electron chi connectivity index (χ2n) is 3.91. The van der Waals surface area contributed by atoms with E-state index in [0.29, 0.717) is 15.8 Å². The molecule has 0 aromatic heterocycles. The molecule has 1 unspecified atom stereocenters. The summed E-state index contributed by atoms with van der Waals surface area (Å²) < 4.78 is 32.9. The van der Waals surface area contributed by atoms with Gasteiger partial charge in [0.25, 0.3) is 0 Å². The minimum absolute atomic E-state index is 0.272. The Labute approximate surface area is 123 Å². The van der Waals surface area contributed by atoms with E-state index in [2.05, 4.69) is 15.9 Å². The minimum atomic E-state index is -0.821. The zero-order chi connectivity index (χ0) is 14.0. The number of ether oxygens (including phenoxy) is 1. The van der Waals surface area contributed by atoms with Gasteiger partial charge in [-0.1, -0.05) is 22.0 Å². The zero-order valence-electron chi connectivity index (χ0n) is 9.96. The fourth-order valence-corrected chi connectivity index (χ4v) is 2.46. The van der Waals surface area contributed by atoms with Crippen molar-refractivity contribution in [2.75, 3.05) is 7.11 Å². The molecule has 2 aromatic carbocycles. The van der Waals surface area contributed by atoms with E-state index in [-0.39, 0.29) is 5.56 Å². The lowest BCUT2D eigenvalue weighted by Crippen LogP contribution is -2.00. The molecule has 1 nitrogen and oxygen atoms in total. The molecule has 1 atom stereocenters. The molecule has 0 amide bonds. The highest BCUT2D eigenvalue weighted by Crippen LogP contribution is 2.37. The maximum atomic E-state index is 13.9. The van der Waals surface area contributed by atoms with Crippen LogP contribution in [-0.2, 0) is 0 Å². The third-order valence-electron chi connectivity index (χ3n) is 2.70. The molecule has 100 valence electrons. The van der Waals surface area contributed by atoms with Crippen LogP contribution in [0.4, 0.5) is 8.78 Å². The number of hydrogen-bond donors (Lipinski definition) is 0. The number of methoxy groups -OCH3 is 1. The molecule has 0 saturated heterocycles. The van der Waals surface area contributed by atoms with Gasteiger partial charge in [0.15, 0.2) is 0 Å². The van der Waals surface area contributed by atoms with Gasteiger partial charge in [-0.15, -0.1) is 11.6 Å². The van der Waals surface area contributed by atoms with Crippen LogP contribution in [0.5, 0.6) is 5.75 Å². The second-order valence-corrected chi connectivity index (χ2v) is 5.27. The van der Waals surface area contributed by atoms with Crippen LogP contribution in [-0.4, -0.2) is 7.11 Å². The van der Waals surface area contributed by atoms with E-state index >= 15 is 0 Å². The molecule has 0 fully saturated rings. The first-order valence-corrected chi connectivity index (χ1v) is 6.68. The molecule has 2 rings (SSSR count). The second kappa shape index (κ2) is 5.88. The number of hydrogen-bond acceptors (Lipinski definition) is 1. The summed E-state index contributed by atoms with van der Waals surface area (Å²) in [6.07, 6.45) is 0. The molecule has 0 spiro atoms. The van der Waals surface area contributed by atoms with Gasteiger partial charge >= 0.3 is 0 Å². The molecule has 0 aliphatic carbocycles.